The summed E-state index contributed by atoms with van der Waals surface area (Å²) in [6.07, 6.45) is 0.899. The fourth-order valence-electron chi connectivity index (χ4n) is 2.21. The molecule has 1 amide bonds. The van der Waals surface area contributed by atoms with Crippen LogP contribution in [0.2, 0.25) is 5.02 Å². The van der Waals surface area contributed by atoms with E-state index in [1.807, 2.05) is 25.1 Å². The minimum Gasteiger partial charge on any atom is -0.357 e. The molecule has 24 heavy (non-hydrogen) atoms. The van der Waals surface area contributed by atoms with Gasteiger partial charge < -0.3 is 15.5 Å². The summed E-state index contributed by atoms with van der Waals surface area (Å²) in [5.41, 5.74) is 1.23. The van der Waals surface area contributed by atoms with E-state index < -0.39 is 0 Å². The summed E-state index contributed by atoms with van der Waals surface area (Å²) in [6, 6.07) is 7.94. The SMILES string of the molecule is CCNC(=NCC(=O)N(C)C)NCC(C)(C)Cc1cccc(Cl)c1. The van der Waals surface area contributed by atoms with Crippen LogP contribution >= 0.6 is 11.6 Å². The van der Waals surface area contributed by atoms with E-state index in [9.17, 15) is 4.79 Å². The lowest BCUT2D eigenvalue weighted by Gasteiger charge is -2.26. The van der Waals surface area contributed by atoms with Gasteiger partial charge in [0.1, 0.15) is 6.54 Å². The molecule has 134 valence electrons. The van der Waals surface area contributed by atoms with Crippen molar-refractivity contribution in [2.75, 3.05) is 33.7 Å². The number of amides is 1. The number of carbonyl (C=O) groups excluding carboxylic acids is 1. The van der Waals surface area contributed by atoms with E-state index in [4.69, 9.17) is 11.6 Å². The van der Waals surface area contributed by atoms with Gasteiger partial charge >= 0.3 is 0 Å². The summed E-state index contributed by atoms with van der Waals surface area (Å²) in [5, 5.41) is 7.25. The average molecular weight is 353 g/mol. The molecule has 0 aliphatic rings. The molecule has 6 heteroatoms. The van der Waals surface area contributed by atoms with E-state index in [1.54, 1.807) is 14.1 Å². The lowest BCUT2D eigenvalue weighted by atomic mass is 9.86. The zero-order valence-electron chi connectivity index (χ0n) is 15.3. The highest BCUT2D eigenvalue weighted by atomic mass is 35.5. The van der Waals surface area contributed by atoms with Crippen molar-refractivity contribution in [1.29, 1.82) is 0 Å². The van der Waals surface area contributed by atoms with E-state index in [1.165, 1.54) is 10.5 Å². The number of likely N-dealkylation sites (N-methyl/N-ethyl adjacent to an activating group) is 1. The van der Waals surface area contributed by atoms with E-state index >= 15 is 0 Å². The van der Waals surface area contributed by atoms with Crippen molar-refractivity contribution in [3.8, 4) is 0 Å². The molecule has 0 fully saturated rings. The molecule has 0 aromatic heterocycles. The average Bonchev–Trinajstić information content (AvgIpc) is 2.49. The highest BCUT2D eigenvalue weighted by Crippen LogP contribution is 2.22. The third-order valence-electron chi connectivity index (χ3n) is 3.52. The third-order valence-corrected chi connectivity index (χ3v) is 3.76. The molecule has 1 aromatic rings. The quantitative estimate of drug-likeness (QED) is 0.585. The van der Waals surface area contributed by atoms with Crippen molar-refractivity contribution in [3.05, 3.63) is 34.9 Å². The number of carbonyl (C=O) groups is 1. The van der Waals surface area contributed by atoms with E-state index in [0.29, 0.717) is 5.96 Å². The minimum atomic E-state index is -0.0228. The maximum atomic E-state index is 11.7. The Morgan fingerprint density at radius 2 is 2.00 bits per heavy atom. The van der Waals surface area contributed by atoms with E-state index in [-0.39, 0.29) is 17.9 Å². The smallest absolute Gasteiger partial charge is 0.243 e. The van der Waals surface area contributed by atoms with Gasteiger partial charge in [0, 0.05) is 32.2 Å². The third kappa shape index (κ3) is 7.68. The first kappa shape index (κ1) is 20.3. The molecule has 0 atom stereocenters. The summed E-state index contributed by atoms with van der Waals surface area (Å²) in [6.45, 7) is 8.00. The molecular weight excluding hydrogens is 324 g/mol. The Labute approximate surface area is 150 Å². The van der Waals surface area contributed by atoms with Gasteiger partial charge in [0.2, 0.25) is 5.91 Å². The number of nitrogens with one attached hydrogen (secondary N) is 2. The van der Waals surface area contributed by atoms with Gasteiger partial charge in [-0.3, -0.25) is 4.79 Å². The zero-order valence-corrected chi connectivity index (χ0v) is 16.1. The molecule has 0 unspecified atom stereocenters. The fourth-order valence-corrected chi connectivity index (χ4v) is 2.43. The first-order valence-corrected chi connectivity index (χ1v) is 8.58. The van der Waals surface area contributed by atoms with Crippen LogP contribution in [0.3, 0.4) is 0 Å². The van der Waals surface area contributed by atoms with Crippen LogP contribution < -0.4 is 10.6 Å². The van der Waals surface area contributed by atoms with Gasteiger partial charge in [-0.1, -0.05) is 37.6 Å². The molecule has 0 saturated heterocycles. The number of benzene rings is 1. The molecular formula is C18H29ClN4O. The highest BCUT2D eigenvalue weighted by molar-refractivity contribution is 6.30. The molecule has 5 nitrogen and oxygen atoms in total. The second kappa shape index (κ2) is 9.52. The Hall–Kier alpha value is -1.75. The molecule has 0 aliphatic heterocycles. The van der Waals surface area contributed by atoms with Crippen LogP contribution in [0.1, 0.15) is 26.3 Å². The second-order valence-electron chi connectivity index (χ2n) is 6.81. The van der Waals surface area contributed by atoms with E-state index in [0.717, 1.165) is 24.5 Å². The van der Waals surface area contributed by atoms with Gasteiger partial charge in [0.05, 0.1) is 0 Å². The summed E-state index contributed by atoms with van der Waals surface area (Å²) in [4.78, 5) is 17.6. The maximum absolute atomic E-state index is 11.7. The van der Waals surface area contributed by atoms with Crippen molar-refractivity contribution in [3.63, 3.8) is 0 Å². The van der Waals surface area contributed by atoms with Crippen LogP contribution in [0.15, 0.2) is 29.3 Å². The first-order chi connectivity index (χ1) is 11.2. The molecule has 0 aliphatic carbocycles. The van der Waals surface area contributed by atoms with Crippen LogP contribution in [0.25, 0.3) is 0 Å². The van der Waals surface area contributed by atoms with E-state index in [2.05, 4.69) is 35.5 Å². The summed E-state index contributed by atoms with van der Waals surface area (Å²) < 4.78 is 0. The highest BCUT2D eigenvalue weighted by Gasteiger charge is 2.19. The summed E-state index contributed by atoms with van der Waals surface area (Å²) in [7, 11) is 3.46. The molecule has 0 spiro atoms. The number of rotatable bonds is 7. The Morgan fingerprint density at radius 3 is 2.58 bits per heavy atom. The van der Waals surface area contributed by atoms with Crippen LogP contribution in [0.4, 0.5) is 0 Å². The zero-order chi connectivity index (χ0) is 18.2. The van der Waals surface area contributed by atoms with Crippen LogP contribution in [0, 0.1) is 5.41 Å². The van der Waals surface area contributed by atoms with Crippen LogP contribution in [0.5, 0.6) is 0 Å². The van der Waals surface area contributed by atoms with Crippen molar-refractivity contribution < 1.29 is 4.79 Å². The summed E-state index contributed by atoms with van der Waals surface area (Å²) >= 11 is 6.06. The minimum absolute atomic E-state index is 0.0203. The first-order valence-electron chi connectivity index (χ1n) is 8.20. The molecule has 1 aromatic carbocycles. The lowest BCUT2D eigenvalue weighted by molar-refractivity contribution is -0.127. The number of halogens is 1. The fraction of sp³-hybridized carbons (Fsp3) is 0.556. The second-order valence-corrected chi connectivity index (χ2v) is 7.24. The molecule has 0 radical (unpaired) electrons. The predicted molar refractivity (Wildman–Crippen MR) is 102 cm³/mol. The number of aliphatic imine (C=N–C) groups is 1. The van der Waals surface area contributed by atoms with Gasteiger partial charge in [0.25, 0.3) is 0 Å². The standard InChI is InChI=1S/C18H29ClN4O/c1-6-20-17(21-12-16(24)23(4)5)22-13-18(2,3)11-14-8-7-9-15(19)10-14/h7-10H,6,11-13H2,1-5H3,(H2,20,21,22). The van der Waals surface area contributed by atoms with Gasteiger partial charge in [-0.25, -0.2) is 4.99 Å². The number of hydrogen-bond acceptors (Lipinski definition) is 2. The van der Waals surface area contributed by atoms with Crippen molar-refractivity contribution in [1.82, 2.24) is 15.5 Å². The Morgan fingerprint density at radius 1 is 1.29 bits per heavy atom. The van der Waals surface area contributed by atoms with Crippen molar-refractivity contribution >= 4 is 23.5 Å². The largest absolute Gasteiger partial charge is 0.357 e. The summed E-state index contributed by atoms with van der Waals surface area (Å²) in [5.74, 6) is 0.636. The number of hydrogen-bond donors (Lipinski definition) is 2. The van der Waals surface area contributed by atoms with Crippen molar-refractivity contribution in [2.45, 2.75) is 27.2 Å². The molecule has 0 heterocycles. The topological polar surface area (TPSA) is 56.7 Å². The Balaban J connectivity index is 2.63. The van der Waals surface area contributed by atoms with Gasteiger partial charge in [-0.05, 0) is 36.5 Å². The monoisotopic (exact) mass is 352 g/mol. The van der Waals surface area contributed by atoms with Gasteiger partial charge in [0.15, 0.2) is 5.96 Å². The molecule has 0 saturated carbocycles. The number of nitrogens with zero attached hydrogens (tertiary/aromatic N) is 2. The molecule has 0 bridgehead atoms. The van der Waals surface area contributed by atoms with Crippen LogP contribution in [-0.4, -0.2) is 50.5 Å². The maximum Gasteiger partial charge on any atom is 0.243 e. The van der Waals surface area contributed by atoms with Crippen LogP contribution in [-0.2, 0) is 11.2 Å². The molecule has 1 rings (SSSR count). The number of guanidine groups is 1. The van der Waals surface area contributed by atoms with Crippen molar-refractivity contribution in [2.24, 2.45) is 10.4 Å². The van der Waals surface area contributed by atoms with Gasteiger partial charge in [-0.2, -0.15) is 0 Å². The molecule has 2 N–H and O–H groups in total. The Bertz CT molecular complexity index is 570. The lowest BCUT2D eigenvalue weighted by Crippen LogP contribution is -2.43. The normalized spacial score (nSPS) is 12.0. The van der Waals surface area contributed by atoms with Gasteiger partial charge in [-0.15, -0.1) is 0 Å². The Kier molecular flexibility index (Phi) is 8.05. The predicted octanol–water partition coefficient (Wildman–Crippen LogP) is 2.55.